The zero-order valence-electron chi connectivity index (χ0n) is 26.0. The second-order valence-corrected chi connectivity index (χ2v) is 11.2. The van der Waals surface area contributed by atoms with Gasteiger partial charge in [-0.15, -0.1) is 0 Å². The normalized spacial score (nSPS) is 13.3. The van der Waals surface area contributed by atoms with Crippen LogP contribution in [0.4, 0.5) is 13.2 Å². The number of rotatable bonds is 11. The third-order valence-electron chi connectivity index (χ3n) is 7.68. The summed E-state index contributed by atoms with van der Waals surface area (Å²) in [5.74, 6) is 0.813. The number of aryl methyl sites for hydroxylation is 1. The maximum atomic E-state index is 13.2. The van der Waals surface area contributed by atoms with Crippen LogP contribution in [0.25, 0.3) is 11.3 Å². The molecule has 1 unspecified atom stereocenters. The number of esters is 1. The van der Waals surface area contributed by atoms with Crippen molar-refractivity contribution in [2.75, 3.05) is 20.8 Å². The Morgan fingerprint density at radius 3 is 2.11 bits per heavy atom. The topological polar surface area (TPSA) is 74.6 Å². The van der Waals surface area contributed by atoms with E-state index in [4.69, 9.17) is 19.3 Å². The molecule has 1 heterocycles. The summed E-state index contributed by atoms with van der Waals surface area (Å²) >= 11 is 0. The molecule has 0 aliphatic carbocycles. The Kier molecular flexibility index (Phi) is 9.44. The SMILES string of the molecule is CCOC(=O)C(C)(C)Oc1ccc(C(C)(NC)c2cc(-c3ccc(C(F)(F)F)cc3)nn2Cc2ccc(OC)cc2)cc1C. The lowest BCUT2D eigenvalue weighted by Crippen LogP contribution is -2.41. The van der Waals surface area contributed by atoms with Gasteiger partial charge in [0.1, 0.15) is 11.5 Å². The van der Waals surface area contributed by atoms with E-state index in [0.29, 0.717) is 23.6 Å². The molecule has 1 aromatic heterocycles. The quantitative estimate of drug-likeness (QED) is 0.182. The van der Waals surface area contributed by atoms with Gasteiger partial charge in [-0.3, -0.25) is 4.68 Å². The fourth-order valence-corrected chi connectivity index (χ4v) is 4.93. The van der Waals surface area contributed by atoms with Crippen molar-refractivity contribution in [2.24, 2.45) is 0 Å². The molecule has 0 fully saturated rings. The molecule has 1 N–H and O–H groups in total. The van der Waals surface area contributed by atoms with Crippen LogP contribution < -0.4 is 14.8 Å². The van der Waals surface area contributed by atoms with E-state index in [1.165, 1.54) is 12.1 Å². The number of methoxy groups -OCH3 is 1. The zero-order chi connectivity index (χ0) is 32.3. The summed E-state index contributed by atoms with van der Waals surface area (Å²) in [5.41, 5.74) is 1.90. The number of nitrogens with zero attached hydrogens (tertiary/aromatic N) is 2. The molecule has 0 aliphatic heterocycles. The maximum absolute atomic E-state index is 13.2. The molecule has 234 valence electrons. The number of carbonyl (C=O) groups is 1. The Labute approximate surface area is 256 Å². The van der Waals surface area contributed by atoms with Crippen molar-refractivity contribution in [1.82, 2.24) is 15.1 Å². The fraction of sp³-hybridized carbons (Fsp3) is 0.353. The standard InChI is InChI=1S/C34H38F3N3O4/c1-8-43-31(41)32(3,4)44-29-18-15-26(19-22(29)2)33(5,38-6)30-20-28(24-11-13-25(14-12-24)34(35,36)37)39-40(30)21-23-9-16-27(42-7)17-10-23/h9-20,38H,8,21H2,1-7H3. The highest BCUT2D eigenvalue weighted by Gasteiger charge is 2.35. The van der Waals surface area contributed by atoms with Gasteiger partial charge in [-0.05, 0) is 94.8 Å². The molecular formula is C34H38F3N3O4. The first kappa shape index (κ1) is 32.6. The molecule has 4 rings (SSSR count). The number of alkyl halides is 3. The molecule has 7 nitrogen and oxygen atoms in total. The number of hydrogen-bond acceptors (Lipinski definition) is 6. The smallest absolute Gasteiger partial charge is 0.416 e. The average Bonchev–Trinajstić information content (AvgIpc) is 3.42. The Balaban J connectivity index is 1.77. The lowest BCUT2D eigenvalue weighted by Gasteiger charge is -2.32. The summed E-state index contributed by atoms with van der Waals surface area (Å²) in [6.45, 7) is 9.65. The summed E-state index contributed by atoms with van der Waals surface area (Å²) in [5, 5.41) is 8.30. The lowest BCUT2D eigenvalue weighted by molar-refractivity contribution is -0.158. The van der Waals surface area contributed by atoms with Crippen LogP contribution in [-0.2, 0) is 27.8 Å². The minimum absolute atomic E-state index is 0.253. The van der Waals surface area contributed by atoms with Crippen molar-refractivity contribution in [3.05, 3.63) is 101 Å². The second kappa shape index (κ2) is 12.7. The summed E-state index contributed by atoms with van der Waals surface area (Å²) in [7, 11) is 3.44. The number of carbonyl (C=O) groups excluding carboxylic acids is 1. The van der Waals surface area contributed by atoms with E-state index >= 15 is 0 Å². The number of ether oxygens (including phenoxy) is 3. The van der Waals surface area contributed by atoms with Crippen molar-refractivity contribution in [3.63, 3.8) is 0 Å². The third-order valence-corrected chi connectivity index (χ3v) is 7.68. The van der Waals surface area contributed by atoms with Gasteiger partial charge >= 0.3 is 12.1 Å². The van der Waals surface area contributed by atoms with Crippen molar-refractivity contribution in [2.45, 2.75) is 58.5 Å². The largest absolute Gasteiger partial charge is 0.497 e. The lowest BCUT2D eigenvalue weighted by atomic mass is 9.87. The number of hydrogen-bond donors (Lipinski definition) is 1. The van der Waals surface area contributed by atoms with Gasteiger partial charge in [0.25, 0.3) is 0 Å². The summed E-state index contributed by atoms with van der Waals surface area (Å²) in [4.78, 5) is 12.4. The number of aromatic nitrogens is 2. The molecule has 0 saturated carbocycles. The maximum Gasteiger partial charge on any atom is 0.416 e. The van der Waals surface area contributed by atoms with Gasteiger partial charge in [-0.25, -0.2) is 4.79 Å². The van der Waals surface area contributed by atoms with Gasteiger partial charge in [0.15, 0.2) is 5.60 Å². The van der Waals surface area contributed by atoms with E-state index in [2.05, 4.69) is 5.32 Å². The van der Waals surface area contributed by atoms with E-state index in [-0.39, 0.29) is 6.61 Å². The zero-order valence-corrected chi connectivity index (χ0v) is 26.0. The molecule has 0 aliphatic rings. The summed E-state index contributed by atoms with van der Waals surface area (Å²) < 4.78 is 58.1. The molecular weight excluding hydrogens is 571 g/mol. The van der Waals surface area contributed by atoms with Crippen LogP contribution in [0.3, 0.4) is 0 Å². The number of halogens is 3. The molecule has 1 atom stereocenters. The van der Waals surface area contributed by atoms with Gasteiger partial charge in [-0.1, -0.05) is 36.4 Å². The third kappa shape index (κ3) is 6.91. The molecule has 44 heavy (non-hydrogen) atoms. The highest BCUT2D eigenvalue weighted by atomic mass is 19.4. The highest BCUT2D eigenvalue weighted by molar-refractivity contribution is 5.79. The molecule has 3 aromatic carbocycles. The van der Waals surface area contributed by atoms with Gasteiger partial charge in [0.05, 0.1) is 42.8 Å². The van der Waals surface area contributed by atoms with Crippen LogP contribution in [0.5, 0.6) is 11.5 Å². The van der Waals surface area contributed by atoms with Crippen molar-refractivity contribution in [3.8, 4) is 22.8 Å². The van der Waals surface area contributed by atoms with E-state index in [1.54, 1.807) is 27.9 Å². The Hall–Kier alpha value is -4.31. The Morgan fingerprint density at radius 2 is 1.57 bits per heavy atom. The minimum atomic E-state index is -4.43. The second-order valence-electron chi connectivity index (χ2n) is 11.2. The van der Waals surface area contributed by atoms with E-state index < -0.39 is 28.8 Å². The summed E-state index contributed by atoms with van der Waals surface area (Å²) in [6.07, 6.45) is -4.43. The molecule has 0 amide bonds. The van der Waals surface area contributed by atoms with E-state index in [0.717, 1.165) is 40.3 Å². The molecule has 0 radical (unpaired) electrons. The molecule has 0 spiro atoms. The van der Waals surface area contributed by atoms with Crippen LogP contribution in [0.2, 0.25) is 0 Å². The van der Waals surface area contributed by atoms with Gasteiger partial charge < -0.3 is 19.5 Å². The summed E-state index contributed by atoms with van der Waals surface area (Å²) in [6, 6.07) is 20.2. The van der Waals surface area contributed by atoms with E-state index in [1.807, 2.05) is 74.1 Å². The number of benzene rings is 3. The van der Waals surface area contributed by atoms with Crippen molar-refractivity contribution in [1.29, 1.82) is 0 Å². The van der Waals surface area contributed by atoms with Crippen LogP contribution in [0.15, 0.2) is 72.8 Å². The van der Waals surface area contributed by atoms with Gasteiger partial charge in [-0.2, -0.15) is 18.3 Å². The fourth-order valence-electron chi connectivity index (χ4n) is 4.93. The first-order chi connectivity index (χ1) is 20.7. The Bertz CT molecular complexity index is 1600. The minimum Gasteiger partial charge on any atom is -0.497 e. The van der Waals surface area contributed by atoms with E-state index in [9.17, 15) is 18.0 Å². The van der Waals surface area contributed by atoms with Gasteiger partial charge in [0, 0.05) is 5.56 Å². The molecule has 0 saturated heterocycles. The van der Waals surface area contributed by atoms with Crippen LogP contribution >= 0.6 is 0 Å². The molecule has 0 bridgehead atoms. The van der Waals surface area contributed by atoms with Crippen LogP contribution in [0.1, 0.15) is 55.6 Å². The highest BCUT2D eigenvalue weighted by Crippen LogP contribution is 2.36. The van der Waals surface area contributed by atoms with Crippen molar-refractivity contribution < 1.29 is 32.2 Å². The van der Waals surface area contributed by atoms with Crippen molar-refractivity contribution >= 4 is 5.97 Å². The Morgan fingerprint density at radius 1 is 0.932 bits per heavy atom. The average molecular weight is 610 g/mol. The predicted molar refractivity (Wildman–Crippen MR) is 163 cm³/mol. The van der Waals surface area contributed by atoms with Crippen LogP contribution in [-0.4, -0.2) is 42.1 Å². The monoisotopic (exact) mass is 609 g/mol. The first-order valence-electron chi connectivity index (χ1n) is 14.3. The predicted octanol–water partition coefficient (Wildman–Crippen LogP) is 7.14. The number of nitrogens with one attached hydrogen (secondary N) is 1. The first-order valence-corrected chi connectivity index (χ1v) is 14.3. The molecule has 4 aromatic rings. The van der Waals surface area contributed by atoms with Gasteiger partial charge in [0.2, 0.25) is 0 Å². The van der Waals surface area contributed by atoms with Crippen LogP contribution in [0, 0.1) is 6.92 Å². The molecule has 10 heteroatoms.